The molecular formula is C14H24N2O2S. The summed E-state index contributed by atoms with van der Waals surface area (Å²) in [5.41, 5.74) is 0.980. The summed E-state index contributed by atoms with van der Waals surface area (Å²) >= 11 is 0. The highest BCUT2D eigenvalue weighted by Crippen LogP contribution is 2.12. The normalized spacial score (nSPS) is 13.4. The molecule has 4 nitrogen and oxygen atoms in total. The van der Waals surface area contributed by atoms with Gasteiger partial charge in [0.05, 0.1) is 4.90 Å². The minimum absolute atomic E-state index is 0.0348. The Morgan fingerprint density at radius 1 is 1.26 bits per heavy atom. The van der Waals surface area contributed by atoms with E-state index in [2.05, 4.69) is 10.0 Å². The van der Waals surface area contributed by atoms with Crippen molar-refractivity contribution in [2.75, 3.05) is 6.54 Å². The number of benzene rings is 1. The van der Waals surface area contributed by atoms with Crippen LogP contribution in [-0.2, 0) is 16.6 Å². The molecule has 0 aliphatic rings. The second-order valence-electron chi connectivity index (χ2n) is 4.74. The molecule has 0 aliphatic heterocycles. The van der Waals surface area contributed by atoms with Crippen molar-refractivity contribution in [3.8, 4) is 0 Å². The van der Waals surface area contributed by atoms with E-state index in [1.807, 2.05) is 26.8 Å². The smallest absolute Gasteiger partial charge is 0.240 e. The molecule has 0 saturated carbocycles. The SMILES string of the molecule is CCCC(C)NS(=O)(=O)c1cccc(CNCC)c1. The fraction of sp³-hybridized carbons (Fsp3) is 0.571. The van der Waals surface area contributed by atoms with Crippen molar-refractivity contribution >= 4 is 10.0 Å². The van der Waals surface area contributed by atoms with E-state index in [1.54, 1.807) is 18.2 Å². The summed E-state index contributed by atoms with van der Waals surface area (Å²) in [6.45, 7) is 7.51. The molecule has 2 N–H and O–H groups in total. The Morgan fingerprint density at radius 3 is 2.63 bits per heavy atom. The van der Waals surface area contributed by atoms with Crippen LogP contribution >= 0.6 is 0 Å². The summed E-state index contributed by atoms with van der Waals surface area (Å²) in [7, 11) is -3.41. The lowest BCUT2D eigenvalue weighted by molar-refractivity contribution is 0.543. The molecule has 0 amide bonds. The second-order valence-corrected chi connectivity index (χ2v) is 6.45. The van der Waals surface area contributed by atoms with Crippen LogP contribution in [-0.4, -0.2) is 21.0 Å². The molecule has 1 rings (SSSR count). The van der Waals surface area contributed by atoms with E-state index >= 15 is 0 Å². The number of hydrogen-bond acceptors (Lipinski definition) is 3. The van der Waals surface area contributed by atoms with Gasteiger partial charge in [0.15, 0.2) is 0 Å². The van der Waals surface area contributed by atoms with Gasteiger partial charge >= 0.3 is 0 Å². The quantitative estimate of drug-likeness (QED) is 0.770. The zero-order valence-corrected chi connectivity index (χ0v) is 12.8. The summed E-state index contributed by atoms with van der Waals surface area (Å²) < 4.78 is 27.1. The lowest BCUT2D eigenvalue weighted by atomic mass is 10.2. The molecule has 0 aliphatic carbocycles. The predicted molar refractivity (Wildman–Crippen MR) is 78.5 cm³/mol. The van der Waals surface area contributed by atoms with E-state index < -0.39 is 10.0 Å². The van der Waals surface area contributed by atoms with Gasteiger partial charge in [-0.2, -0.15) is 0 Å². The van der Waals surface area contributed by atoms with Crippen LogP contribution in [0.4, 0.5) is 0 Å². The van der Waals surface area contributed by atoms with Crippen LogP contribution in [0.3, 0.4) is 0 Å². The molecule has 19 heavy (non-hydrogen) atoms. The van der Waals surface area contributed by atoms with Gasteiger partial charge < -0.3 is 5.32 Å². The Balaban J connectivity index is 2.82. The molecule has 0 bridgehead atoms. The van der Waals surface area contributed by atoms with E-state index in [0.29, 0.717) is 11.4 Å². The molecule has 0 aromatic heterocycles. The predicted octanol–water partition coefficient (Wildman–Crippen LogP) is 2.26. The molecule has 0 fully saturated rings. The summed E-state index contributed by atoms with van der Waals surface area (Å²) in [5.74, 6) is 0. The van der Waals surface area contributed by atoms with Crippen molar-refractivity contribution in [2.45, 2.75) is 51.1 Å². The number of rotatable bonds is 8. The Kier molecular flexibility index (Phi) is 6.48. The van der Waals surface area contributed by atoms with E-state index in [1.165, 1.54) is 0 Å². The van der Waals surface area contributed by atoms with E-state index in [9.17, 15) is 8.42 Å². The zero-order valence-electron chi connectivity index (χ0n) is 11.9. The number of sulfonamides is 1. The molecule has 0 radical (unpaired) electrons. The molecule has 5 heteroatoms. The number of hydrogen-bond donors (Lipinski definition) is 2. The van der Waals surface area contributed by atoms with Gasteiger partial charge in [0.1, 0.15) is 0 Å². The van der Waals surface area contributed by atoms with Gasteiger partial charge in [-0.3, -0.25) is 0 Å². The highest BCUT2D eigenvalue weighted by atomic mass is 32.2. The first kappa shape index (κ1) is 16.1. The van der Waals surface area contributed by atoms with Crippen molar-refractivity contribution in [1.82, 2.24) is 10.0 Å². The standard InChI is InChI=1S/C14H24N2O2S/c1-4-7-12(3)16-19(17,18)14-9-6-8-13(10-14)11-15-5-2/h6,8-10,12,15-16H,4-5,7,11H2,1-3H3. The molecule has 1 unspecified atom stereocenters. The monoisotopic (exact) mass is 284 g/mol. The van der Waals surface area contributed by atoms with Crippen molar-refractivity contribution in [3.05, 3.63) is 29.8 Å². The van der Waals surface area contributed by atoms with E-state index in [4.69, 9.17) is 0 Å². The average Bonchev–Trinajstić information content (AvgIpc) is 2.36. The first-order valence-electron chi connectivity index (χ1n) is 6.81. The van der Waals surface area contributed by atoms with Crippen LogP contribution in [0.25, 0.3) is 0 Å². The largest absolute Gasteiger partial charge is 0.313 e. The van der Waals surface area contributed by atoms with E-state index in [-0.39, 0.29) is 6.04 Å². The Bertz CT molecular complexity index is 486. The molecule has 1 aromatic carbocycles. The summed E-state index contributed by atoms with van der Waals surface area (Å²) in [6, 6.07) is 7.04. The number of nitrogens with one attached hydrogen (secondary N) is 2. The maximum Gasteiger partial charge on any atom is 0.240 e. The van der Waals surface area contributed by atoms with Crippen molar-refractivity contribution < 1.29 is 8.42 Å². The van der Waals surface area contributed by atoms with Gasteiger partial charge in [0.25, 0.3) is 0 Å². The Labute approximate surface area is 116 Å². The van der Waals surface area contributed by atoms with Crippen LogP contribution in [0.2, 0.25) is 0 Å². The molecular weight excluding hydrogens is 260 g/mol. The highest BCUT2D eigenvalue weighted by Gasteiger charge is 2.16. The molecule has 1 aromatic rings. The van der Waals surface area contributed by atoms with Gasteiger partial charge in [-0.15, -0.1) is 0 Å². The maximum absolute atomic E-state index is 12.2. The third kappa shape index (κ3) is 5.30. The van der Waals surface area contributed by atoms with Gasteiger partial charge in [-0.25, -0.2) is 13.1 Å². The van der Waals surface area contributed by atoms with Gasteiger partial charge in [-0.1, -0.05) is 32.4 Å². The molecule has 108 valence electrons. The van der Waals surface area contributed by atoms with Crippen LogP contribution in [0.5, 0.6) is 0 Å². The average molecular weight is 284 g/mol. The minimum Gasteiger partial charge on any atom is -0.313 e. The van der Waals surface area contributed by atoms with Crippen LogP contribution in [0, 0.1) is 0 Å². The summed E-state index contributed by atoms with van der Waals surface area (Å²) in [6.07, 6.45) is 1.81. The molecule has 0 saturated heterocycles. The van der Waals surface area contributed by atoms with E-state index in [0.717, 1.165) is 24.9 Å². The molecule has 0 spiro atoms. The molecule has 1 atom stereocenters. The Morgan fingerprint density at radius 2 is 2.00 bits per heavy atom. The molecule has 0 heterocycles. The Hall–Kier alpha value is -0.910. The van der Waals surface area contributed by atoms with Crippen molar-refractivity contribution in [2.24, 2.45) is 0 Å². The second kappa shape index (κ2) is 7.62. The third-order valence-corrected chi connectivity index (χ3v) is 4.45. The van der Waals surface area contributed by atoms with Gasteiger partial charge in [-0.05, 0) is 37.6 Å². The minimum atomic E-state index is -3.41. The van der Waals surface area contributed by atoms with Gasteiger partial charge in [0.2, 0.25) is 10.0 Å². The van der Waals surface area contributed by atoms with Crippen LogP contribution in [0.15, 0.2) is 29.2 Å². The first-order valence-corrected chi connectivity index (χ1v) is 8.30. The summed E-state index contributed by atoms with van der Waals surface area (Å²) in [5, 5.41) is 3.19. The first-order chi connectivity index (χ1) is 8.99. The lowest BCUT2D eigenvalue weighted by Crippen LogP contribution is -2.32. The third-order valence-electron chi connectivity index (χ3n) is 2.87. The lowest BCUT2D eigenvalue weighted by Gasteiger charge is -2.14. The van der Waals surface area contributed by atoms with Crippen LogP contribution in [0.1, 0.15) is 39.2 Å². The van der Waals surface area contributed by atoms with Gasteiger partial charge in [0, 0.05) is 12.6 Å². The fourth-order valence-corrected chi connectivity index (χ4v) is 3.26. The maximum atomic E-state index is 12.2. The fourth-order valence-electron chi connectivity index (χ4n) is 1.92. The zero-order chi connectivity index (χ0) is 14.3. The van der Waals surface area contributed by atoms with Crippen LogP contribution < -0.4 is 10.0 Å². The summed E-state index contributed by atoms with van der Waals surface area (Å²) in [4.78, 5) is 0.339. The van der Waals surface area contributed by atoms with Crippen molar-refractivity contribution in [1.29, 1.82) is 0 Å². The highest BCUT2D eigenvalue weighted by molar-refractivity contribution is 7.89. The topological polar surface area (TPSA) is 58.2 Å². The van der Waals surface area contributed by atoms with Crippen molar-refractivity contribution in [3.63, 3.8) is 0 Å².